The summed E-state index contributed by atoms with van der Waals surface area (Å²) >= 11 is 0. The molecule has 0 rings (SSSR count). The summed E-state index contributed by atoms with van der Waals surface area (Å²) in [4.78, 5) is 11.2. The fourth-order valence-electron chi connectivity index (χ4n) is 0.783. The zero-order chi connectivity index (χ0) is 11.0. The standard InChI is InChI=1S/C9H16N2O3/c1-3-13-6-8(11)7(5-10)9(12)14-4-2/h5,11H,3-4,6,10H2,1-2H3/b7-5+,11-8?. The molecule has 3 N–H and O–H groups in total. The van der Waals surface area contributed by atoms with Crippen LogP contribution in [0.2, 0.25) is 0 Å². The zero-order valence-corrected chi connectivity index (χ0v) is 8.50. The van der Waals surface area contributed by atoms with Gasteiger partial charge in [0.25, 0.3) is 0 Å². The molecule has 0 radical (unpaired) electrons. The number of nitrogens with two attached hydrogens (primary N) is 1. The molecule has 0 aliphatic rings. The monoisotopic (exact) mass is 200 g/mol. The van der Waals surface area contributed by atoms with Crippen molar-refractivity contribution in [2.45, 2.75) is 13.8 Å². The molecule has 0 aliphatic heterocycles. The van der Waals surface area contributed by atoms with Gasteiger partial charge in [-0.05, 0) is 13.8 Å². The van der Waals surface area contributed by atoms with Crippen molar-refractivity contribution in [2.24, 2.45) is 5.73 Å². The normalized spacial score (nSPS) is 11.1. The van der Waals surface area contributed by atoms with Crippen molar-refractivity contribution < 1.29 is 14.3 Å². The summed E-state index contributed by atoms with van der Waals surface area (Å²) in [6.45, 7) is 4.32. The van der Waals surface area contributed by atoms with Crippen LogP contribution in [0.5, 0.6) is 0 Å². The molecule has 5 heteroatoms. The van der Waals surface area contributed by atoms with Gasteiger partial charge in [-0.3, -0.25) is 0 Å². The van der Waals surface area contributed by atoms with Crippen LogP contribution in [0.25, 0.3) is 0 Å². The van der Waals surface area contributed by atoms with Gasteiger partial charge in [0, 0.05) is 12.8 Å². The van der Waals surface area contributed by atoms with Gasteiger partial charge in [-0.1, -0.05) is 0 Å². The van der Waals surface area contributed by atoms with Crippen molar-refractivity contribution in [3.8, 4) is 0 Å². The van der Waals surface area contributed by atoms with E-state index in [1.54, 1.807) is 6.92 Å². The molecule has 0 bridgehead atoms. The van der Waals surface area contributed by atoms with Crippen molar-refractivity contribution >= 4 is 11.7 Å². The van der Waals surface area contributed by atoms with Crippen LogP contribution in [-0.2, 0) is 14.3 Å². The molecule has 0 aliphatic carbocycles. The van der Waals surface area contributed by atoms with Gasteiger partial charge in [0.2, 0.25) is 0 Å². The maximum Gasteiger partial charge on any atom is 0.341 e. The maximum absolute atomic E-state index is 11.2. The Morgan fingerprint density at radius 2 is 2.07 bits per heavy atom. The molecule has 0 saturated heterocycles. The van der Waals surface area contributed by atoms with E-state index in [2.05, 4.69) is 0 Å². The molecule has 0 aromatic rings. The second-order valence-electron chi connectivity index (χ2n) is 2.42. The Hall–Kier alpha value is -1.36. The summed E-state index contributed by atoms with van der Waals surface area (Å²) in [6.07, 6.45) is 1.07. The van der Waals surface area contributed by atoms with E-state index in [4.69, 9.17) is 20.6 Å². The molecule has 0 aromatic heterocycles. The summed E-state index contributed by atoms with van der Waals surface area (Å²) in [7, 11) is 0. The number of carbonyl (C=O) groups excluding carboxylic acids is 1. The van der Waals surface area contributed by atoms with Gasteiger partial charge < -0.3 is 20.6 Å². The highest BCUT2D eigenvalue weighted by atomic mass is 16.5. The number of nitrogens with one attached hydrogen (secondary N) is 1. The molecule has 0 unspecified atom stereocenters. The van der Waals surface area contributed by atoms with Crippen LogP contribution in [0.4, 0.5) is 0 Å². The molecular formula is C9H16N2O3. The van der Waals surface area contributed by atoms with Crippen LogP contribution < -0.4 is 5.73 Å². The van der Waals surface area contributed by atoms with E-state index in [1.807, 2.05) is 6.92 Å². The SMILES string of the molecule is CCOCC(=N)/C(=C\N)C(=O)OCC. The lowest BCUT2D eigenvalue weighted by Gasteiger charge is -2.07. The minimum Gasteiger partial charge on any atom is -0.462 e. The summed E-state index contributed by atoms with van der Waals surface area (Å²) in [5.74, 6) is -0.584. The Morgan fingerprint density at radius 3 is 2.50 bits per heavy atom. The minimum absolute atomic E-state index is 0.0350. The number of ether oxygens (including phenoxy) is 2. The first-order chi connectivity index (χ1) is 6.67. The van der Waals surface area contributed by atoms with Crippen molar-refractivity contribution in [1.29, 1.82) is 5.41 Å². The van der Waals surface area contributed by atoms with Crippen LogP contribution in [-0.4, -0.2) is 31.5 Å². The van der Waals surface area contributed by atoms with Crippen LogP contribution in [0.15, 0.2) is 11.8 Å². The van der Waals surface area contributed by atoms with Gasteiger partial charge in [0.15, 0.2) is 0 Å². The first kappa shape index (κ1) is 12.6. The summed E-state index contributed by atoms with van der Waals surface area (Å²) in [5.41, 5.74) is 5.31. The number of hydrogen-bond acceptors (Lipinski definition) is 5. The lowest BCUT2D eigenvalue weighted by molar-refractivity contribution is -0.137. The predicted octanol–water partition coefficient (Wildman–Crippen LogP) is 0.448. The summed E-state index contributed by atoms with van der Waals surface area (Å²) < 4.78 is 9.69. The number of hydrogen-bond donors (Lipinski definition) is 2. The van der Waals surface area contributed by atoms with Gasteiger partial charge in [-0.15, -0.1) is 0 Å². The molecule has 0 heterocycles. The topological polar surface area (TPSA) is 85.4 Å². The lowest BCUT2D eigenvalue weighted by atomic mass is 10.2. The zero-order valence-electron chi connectivity index (χ0n) is 8.50. The van der Waals surface area contributed by atoms with E-state index < -0.39 is 5.97 Å². The fraction of sp³-hybridized carbons (Fsp3) is 0.556. The Balaban J connectivity index is 4.27. The average Bonchev–Trinajstić information content (AvgIpc) is 2.16. The van der Waals surface area contributed by atoms with E-state index in [1.165, 1.54) is 0 Å². The van der Waals surface area contributed by atoms with Gasteiger partial charge >= 0.3 is 5.97 Å². The first-order valence-corrected chi connectivity index (χ1v) is 4.41. The molecule has 0 aromatic carbocycles. The van der Waals surface area contributed by atoms with Gasteiger partial charge in [0.1, 0.15) is 0 Å². The van der Waals surface area contributed by atoms with Crippen molar-refractivity contribution in [2.75, 3.05) is 19.8 Å². The van der Waals surface area contributed by atoms with Crippen LogP contribution in [0.3, 0.4) is 0 Å². The van der Waals surface area contributed by atoms with E-state index in [0.29, 0.717) is 6.61 Å². The minimum atomic E-state index is -0.584. The van der Waals surface area contributed by atoms with E-state index >= 15 is 0 Å². The Bertz CT molecular complexity index is 236. The van der Waals surface area contributed by atoms with E-state index in [0.717, 1.165) is 6.20 Å². The molecule has 0 amide bonds. The van der Waals surface area contributed by atoms with Crippen LogP contribution in [0.1, 0.15) is 13.8 Å². The highest BCUT2D eigenvalue weighted by Gasteiger charge is 2.15. The molecule has 14 heavy (non-hydrogen) atoms. The Morgan fingerprint density at radius 1 is 1.43 bits per heavy atom. The van der Waals surface area contributed by atoms with Crippen LogP contribution in [0, 0.1) is 5.41 Å². The molecular weight excluding hydrogens is 184 g/mol. The first-order valence-electron chi connectivity index (χ1n) is 4.41. The van der Waals surface area contributed by atoms with Gasteiger partial charge in [-0.2, -0.15) is 0 Å². The second-order valence-corrected chi connectivity index (χ2v) is 2.42. The highest BCUT2D eigenvalue weighted by molar-refractivity contribution is 6.18. The number of rotatable bonds is 6. The third-order valence-corrected chi connectivity index (χ3v) is 1.44. The third-order valence-electron chi connectivity index (χ3n) is 1.44. The largest absolute Gasteiger partial charge is 0.462 e. The molecule has 0 saturated carbocycles. The van der Waals surface area contributed by atoms with E-state index in [9.17, 15) is 4.79 Å². The van der Waals surface area contributed by atoms with Crippen molar-refractivity contribution in [3.63, 3.8) is 0 Å². The predicted molar refractivity (Wildman–Crippen MR) is 53.1 cm³/mol. The van der Waals surface area contributed by atoms with Crippen LogP contribution >= 0.6 is 0 Å². The summed E-state index contributed by atoms with van der Waals surface area (Å²) in [5, 5.41) is 7.48. The second kappa shape index (κ2) is 7.08. The highest BCUT2D eigenvalue weighted by Crippen LogP contribution is 1.99. The lowest BCUT2D eigenvalue weighted by Crippen LogP contribution is -2.20. The Labute approximate surface area is 83.4 Å². The molecule has 80 valence electrons. The quantitative estimate of drug-likeness (QED) is 0.370. The molecule has 0 spiro atoms. The number of esters is 1. The van der Waals surface area contributed by atoms with Crippen molar-refractivity contribution in [3.05, 3.63) is 11.8 Å². The molecule has 5 nitrogen and oxygen atoms in total. The van der Waals surface area contributed by atoms with Gasteiger partial charge in [-0.25, -0.2) is 4.79 Å². The number of carbonyl (C=O) groups is 1. The van der Waals surface area contributed by atoms with E-state index in [-0.39, 0.29) is 24.5 Å². The van der Waals surface area contributed by atoms with Gasteiger partial charge in [0.05, 0.1) is 24.5 Å². The maximum atomic E-state index is 11.2. The smallest absolute Gasteiger partial charge is 0.341 e. The molecule has 0 fully saturated rings. The molecule has 0 atom stereocenters. The Kier molecular flexibility index (Phi) is 6.39. The average molecular weight is 200 g/mol. The third kappa shape index (κ3) is 4.04. The summed E-state index contributed by atoms with van der Waals surface area (Å²) in [6, 6.07) is 0. The fourth-order valence-corrected chi connectivity index (χ4v) is 0.783. The van der Waals surface area contributed by atoms with Crippen molar-refractivity contribution in [1.82, 2.24) is 0 Å².